The zero-order valence-electron chi connectivity index (χ0n) is 18.1. The minimum Gasteiger partial charge on any atom is -0.497 e. The van der Waals surface area contributed by atoms with Crippen molar-refractivity contribution in [3.63, 3.8) is 0 Å². The normalized spacial score (nSPS) is 21.1. The number of amides is 1. The lowest BCUT2D eigenvalue weighted by Crippen LogP contribution is -2.52. The van der Waals surface area contributed by atoms with Gasteiger partial charge in [0.2, 0.25) is 0 Å². The number of hydrogen-bond donors (Lipinski definition) is 3. The molecule has 1 amide bonds. The Morgan fingerprint density at radius 2 is 1.70 bits per heavy atom. The summed E-state index contributed by atoms with van der Waals surface area (Å²) in [5.74, 6) is -1.18. The molecule has 3 aliphatic rings. The monoisotopic (exact) mass is 474 g/mol. The van der Waals surface area contributed by atoms with Gasteiger partial charge in [-0.05, 0) is 73.1 Å². The first-order chi connectivity index (χ1) is 15.9. The maximum atomic E-state index is 12.4. The van der Waals surface area contributed by atoms with Crippen LogP contribution in [0.2, 0.25) is 0 Å². The molecule has 33 heavy (non-hydrogen) atoms. The van der Waals surface area contributed by atoms with Crippen LogP contribution in [0.3, 0.4) is 0 Å². The van der Waals surface area contributed by atoms with Crippen LogP contribution in [0.5, 0.6) is 5.75 Å². The smallest absolute Gasteiger partial charge is 0.411 e. The van der Waals surface area contributed by atoms with Gasteiger partial charge in [0.15, 0.2) is 0 Å². The molecule has 9 nitrogen and oxygen atoms in total. The average molecular weight is 475 g/mol. The first-order valence-corrected chi connectivity index (χ1v) is 11.3. The van der Waals surface area contributed by atoms with Gasteiger partial charge in [0, 0.05) is 18.7 Å². The van der Waals surface area contributed by atoms with Crippen molar-refractivity contribution in [3.8, 4) is 16.2 Å². The Kier molecular flexibility index (Phi) is 8.45. The highest BCUT2D eigenvalue weighted by atomic mass is 32.1. The number of hydrogen-bond acceptors (Lipinski definition) is 7. The molecular weight excluding hydrogens is 448 g/mol. The molecule has 0 aliphatic carbocycles. The topological polar surface area (TPSA) is 125 Å². The highest BCUT2D eigenvalue weighted by molar-refractivity contribution is 7.14. The Labute approximate surface area is 195 Å². The summed E-state index contributed by atoms with van der Waals surface area (Å²) in [5.41, 5.74) is 1.84. The number of carboxylic acids is 2. The Morgan fingerprint density at radius 3 is 2.21 bits per heavy atom. The van der Waals surface area contributed by atoms with E-state index in [9.17, 15) is 14.4 Å². The highest BCUT2D eigenvalue weighted by Gasteiger charge is 2.36. The summed E-state index contributed by atoms with van der Waals surface area (Å²) in [7, 11) is 1.65. The van der Waals surface area contributed by atoms with Gasteiger partial charge in [-0.15, -0.1) is 11.3 Å². The molecule has 5 rings (SSSR count). The zero-order chi connectivity index (χ0) is 23.8. The van der Waals surface area contributed by atoms with E-state index in [0.717, 1.165) is 54.4 Å². The van der Waals surface area contributed by atoms with Crippen molar-refractivity contribution in [2.75, 3.05) is 32.1 Å². The number of aliphatic carboxylic acids is 2. The predicted molar refractivity (Wildman–Crippen MR) is 124 cm³/mol. The molecule has 1 aromatic heterocycles. The number of carbonyl (C=O) groups excluding carboxylic acids is 1. The Bertz CT molecular complexity index is 978. The van der Waals surface area contributed by atoms with E-state index in [1.807, 2.05) is 35.7 Å². The van der Waals surface area contributed by atoms with Crippen LogP contribution in [0.25, 0.3) is 10.4 Å². The van der Waals surface area contributed by atoms with Crippen LogP contribution >= 0.6 is 11.3 Å². The Balaban J connectivity index is 0.000000331. The molecule has 3 fully saturated rings. The van der Waals surface area contributed by atoms with Gasteiger partial charge in [0.1, 0.15) is 11.9 Å². The number of ether oxygens (including phenoxy) is 2. The number of benzene rings is 1. The number of anilines is 1. The summed E-state index contributed by atoms with van der Waals surface area (Å²) in [6, 6.07) is 9.75. The Morgan fingerprint density at radius 1 is 1.06 bits per heavy atom. The lowest BCUT2D eigenvalue weighted by Gasteiger charge is -2.43. The predicted octanol–water partition coefficient (Wildman–Crippen LogP) is 3.78. The third kappa shape index (κ3) is 7.06. The molecule has 1 aromatic carbocycles. The number of fused-ring (bicyclic) bond motifs is 3. The molecule has 4 heterocycles. The maximum absolute atomic E-state index is 12.4. The highest BCUT2D eigenvalue weighted by Crippen LogP contribution is 2.35. The van der Waals surface area contributed by atoms with Crippen molar-refractivity contribution in [2.45, 2.75) is 18.9 Å². The number of piperidine rings is 3. The van der Waals surface area contributed by atoms with Crippen molar-refractivity contribution in [1.82, 2.24) is 4.90 Å². The van der Waals surface area contributed by atoms with Gasteiger partial charge in [0.25, 0.3) is 0 Å². The van der Waals surface area contributed by atoms with E-state index in [-0.39, 0.29) is 12.2 Å². The van der Waals surface area contributed by atoms with E-state index in [1.165, 1.54) is 0 Å². The molecule has 176 valence electrons. The first-order valence-electron chi connectivity index (χ1n) is 10.4. The van der Waals surface area contributed by atoms with Crippen LogP contribution in [-0.4, -0.2) is 66.0 Å². The molecule has 0 saturated carbocycles. The number of rotatable bonds is 6. The third-order valence-corrected chi connectivity index (χ3v) is 6.44. The molecule has 10 heteroatoms. The number of thiophene rings is 1. The van der Waals surface area contributed by atoms with Crippen LogP contribution in [0, 0.1) is 5.92 Å². The van der Waals surface area contributed by atoms with E-state index >= 15 is 0 Å². The second-order valence-electron chi connectivity index (χ2n) is 7.61. The minimum atomic E-state index is -1.26. The van der Waals surface area contributed by atoms with Gasteiger partial charge in [-0.3, -0.25) is 10.2 Å². The number of carboxylic acid groups (broad SMARTS) is 2. The second-order valence-corrected chi connectivity index (χ2v) is 8.52. The second kappa shape index (κ2) is 11.5. The lowest BCUT2D eigenvalue weighted by molar-refractivity contribution is -0.134. The fraction of sp³-hybridized carbons (Fsp3) is 0.348. The summed E-state index contributed by atoms with van der Waals surface area (Å²) in [4.78, 5) is 34.9. The van der Waals surface area contributed by atoms with Gasteiger partial charge in [0.05, 0.1) is 17.7 Å². The van der Waals surface area contributed by atoms with Crippen molar-refractivity contribution in [3.05, 3.63) is 47.9 Å². The standard InChI is InChI=1S/C19H22N2O3S.C4H4O4/c1-23-15-4-2-14(3-5-15)18-16(8-11-25-18)20-19(22)24-17-12-21-9-6-13(17)7-10-21;5-3(6)1-2-4(7)8/h2-5,8,11,13,17H,6-7,9-10,12H2,1H3,(H,20,22);1-2H,(H,5,6)(H,7,8)/b;2-1+. The molecule has 1 atom stereocenters. The average Bonchev–Trinajstić information content (AvgIpc) is 3.27. The fourth-order valence-electron chi connectivity index (χ4n) is 3.84. The van der Waals surface area contributed by atoms with Gasteiger partial charge in [-0.25, -0.2) is 14.4 Å². The number of carbonyl (C=O) groups is 3. The molecule has 3 aliphatic heterocycles. The number of methoxy groups -OCH3 is 1. The Hall–Kier alpha value is -3.37. The largest absolute Gasteiger partial charge is 0.497 e. The SMILES string of the molecule is COc1ccc(-c2sccc2NC(=O)OC2CN3CCC2CC3)cc1.O=C(O)/C=C/C(=O)O. The van der Waals surface area contributed by atoms with Crippen molar-refractivity contribution in [1.29, 1.82) is 0 Å². The summed E-state index contributed by atoms with van der Waals surface area (Å²) < 4.78 is 10.9. The third-order valence-electron chi connectivity index (χ3n) is 5.48. The van der Waals surface area contributed by atoms with Gasteiger partial charge < -0.3 is 19.7 Å². The van der Waals surface area contributed by atoms with Crippen molar-refractivity contribution in [2.24, 2.45) is 5.92 Å². The van der Waals surface area contributed by atoms with E-state index in [2.05, 4.69) is 10.2 Å². The van der Waals surface area contributed by atoms with Crippen LogP contribution in [-0.2, 0) is 14.3 Å². The van der Waals surface area contributed by atoms with Gasteiger partial charge in [-0.2, -0.15) is 0 Å². The molecule has 3 saturated heterocycles. The lowest BCUT2D eigenvalue weighted by atomic mass is 9.86. The zero-order valence-corrected chi connectivity index (χ0v) is 18.9. The van der Waals surface area contributed by atoms with Crippen molar-refractivity contribution >= 4 is 35.1 Å². The molecule has 1 unspecified atom stereocenters. The molecule has 0 radical (unpaired) electrons. The van der Waals surface area contributed by atoms with E-state index in [4.69, 9.17) is 19.7 Å². The summed E-state index contributed by atoms with van der Waals surface area (Å²) in [6.45, 7) is 3.14. The van der Waals surface area contributed by atoms with Gasteiger partial charge >= 0.3 is 18.0 Å². The number of nitrogens with one attached hydrogen (secondary N) is 1. The first kappa shape index (κ1) is 24.3. The van der Waals surface area contributed by atoms with Crippen LogP contribution in [0.4, 0.5) is 10.5 Å². The molecule has 3 N–H and O–H groups in total. The van der Waals surface area contributed by atoms with E-state index in [1.54, 1.807) is 18.4 Å². The van der Waals surface area contributed by atoms with E-state index in [0.29, 0.717) is 18.1 Å². The van der Waals surface area contributed by atoms with Crippen molar-refractivity contribution < 1.29 is 34.1 Å². The summed E-state index contributed by atoms with van der Waals surface area (Å²) in [6.07, 6.45) is 3.04. The molecule has 0 spiro atoms. The number of nitrogens with zero attached hydrogens (tertiary/aromatic N) is 1. The fourth-order valence-corrected chi connectivity index (χ4v) is 4.70. The van der Waals surface area contributed by atoms with E-state index < -0.39 is 11.9 Å². The molecule has 2 aromatic rings. The van der Waals surface area contributed by atoms with Crippen LogP contribution < -0.4 is 10.1 Å². The summed E-state index contributed by atoms with van der Waals surface area (Å²) >= 11 is 1.60. The minimum absolute atomic E-state index is 0.0190. The van der Waals surface area contributed by atoms with Crippen LogP contribution in [0.15, 0.2) is 47.9 Å². The maximum Gasteiger partial charge on any atom is 0.411 e. The van der Waals surface area contributed by atoms with Crippen LogP contribution in [0.1, 0.15) is 12.8 Å². The quantitative estimate of drug-likeness (QED) is 0.540. The molecule has 2 bridgehead atoms. The summed E-state index contributed by atoms with van der Waals surface area (Å²) in [5, 5.41) is 20.5. The molecular formula is C23H26N2O7S. The van der Waals surface area contributed by atoms with Gasteiger partial charge in [-0.1, -0.05) is 0 Å².